The number of ketones is 1. The first-order valence-electron chi connectivity index (χ1n) is 6.05. The fraction of sp³-hybridized carbons (Fsp3) is 0.200. The van der Waals surface area contributed by atoms with Crippen LogP contribution >= 0.6 is 15.9 Å². The van der Waals surface area contributed by atoms with Gasteiger partial charge in [0.05, 0.1) is 13.0 Å². The molecule has 2 aromatic rings. The number of ether oxygens (including phenoxy) is 1. The van der Waals surface area contributed by atoms with Crippen molar-refractivity contribution in [1.29, 1.82) is 0 Å². The second kappa shape index (κ2) is 6.48. The molecular weight excluding hydrogens is 306 g/mol. The van der Waals surface area contributed by atoms with Gasteiger partial charge in [-0.3, -0.25) is 9.78 Å². The summed E-state index contributed by atoms with van der Waals surface area (Å²) >= 11 is 3.32. The summed E-state index contributed by atoms with van der Waals surface area (Å²) in [5, 5.41) is 0. The van der Waals surface area contributed by atoms with E-state index in [1.165, 1.54) is 0 Å². The number of aromatic nitrogens is 1. The predicted octanol–water partition coefficient (Wildman–Crippen LogP) is 3.67. The van der Waals surface area contributed by atoms with Gasteiger partial charge in [0.25, 0.3) is 0 Å². The van der Waals surface area contributed by atoms with Crippen molar-refractivity contribution in [2.24, 2.45) is 0 Å². The number of pyridine rings is 1. The lowest BCUT2D eigenvalue weighted by Crippen LogP contribution is -2.05. The molecule has 0 saturated heterocycles. The standard InChI is InChI=1S/C15H14BrNO2/c1-2-19-14-7-3-11(4-8-14)15(18)9-13-6-5-12(16)10-17-13/h3-8,10H,2,9H2,1H3. The number of rotatable bonds is 5. The van der Waals surface area contributed by atoms with E-state index in [2.05, 4.69) is 20.9 Å². The minimum Gasteiger partial charge on any atom is -0.494 e. The SMILES string of the molecule is CCOc1ccc(C(=O)Cc2ccc(Br)cn2)cc1. The number of carbonyl (C=O) groups excluding carboxylic acids is 1. The molecule has 0 saturated carbocycles. The normalized spacial score (nSPS) is 10.2. The second-order valence-electron chi connectivity index (χ2n) is 4.03. The van der Waals surface area contributed by atoms with Crippen LogP contribution < -0.4 is 4.74 Å². The van der Waals surface area contributed by atoms with Crippen molar-refractivity contribution in [2.75, 3.05) is 6.61 Å². The van der Waals surface area contributed by atoms with Crippen LogP contribution in [-0.2, 0) is 6.42 Å². The van der Waals surface area contributed by atoms with E-state index in [-0.39, 0.29) is 5.78 Å². The van der Waals surface area contributed by atoms with Gasteiger partial charge in [-0.1, -0.05) is 0 Å². The van der Waals surface area contributed by atoms with Gasteiger partial charge in [-0.25, -0.2) is 0 Å². The van der Waals surface area contributed by atoms with Gasteiger partial charge in [-0.2, -0.15) is 0 Å². The summed E-state index contributed by atoms with van der Waals surface area (Å²) in [5.74, 6) is 0.832. The Morgan fingerprint density at radius 1 is 1.21 bits per heavy atom. The summed E-state index contributed by atoms with van der Waals surface area (Å²) in [6.07, 6.45) is 2.00. The molecule has 2 rings (SSSR count). The molecule has 0 unspecified atom stereocenters. The van der Waals surface area contributed by atoms with Crippen LogP contribution in [0.4, 0.5) is 0 Å². The summed E-state index contributed by atoms with van der Waals surface area (Å²) in [7, 11) is 0. The molecule has 3 nitrogen and oxygen atoms in total. The average molecular weight is 320 g/mol. The quantitative estimate of drug-likeness (QED) is 0.789. The third kappa shape index (κ3) is 3.89. The fourth-order valence-corrected chi connectivity index (χ4v) is 1.92. The molecule has 1 aromatic carbocycles. The third-order valence-corrected chi connectivity index (χ3v) is 3.09. The Kier molecular flexibility index (Phi) is 4.68. The van der Waals surface area contributed by atoms with E-state index < -0.39 is 0 Å². The second-order valence-corrected chi connectivity index (χ2v) is 4.94. The maximum atomic E-state index is 12.1. The molecule has 0 bridgehead atoms. The van der Waals surface area contributed by atoms with E-state index in [9.17, 15) is 4.79 Å². The number of carbonyl (C=O) groups is 1. The Morgan fingerprint density at radius 3 is 2.53 bits per heavy atom. The summed E-state index contributed by atoms with van der Waals surface area (Å²) in [5.41, 5.74) is 1.44. The van der Waals surface area contributed by atoms with Gasteiger partial charge in [-0.05, 0) is 59.3 Å². The number of benzene rings is 1. The van der Waals surface area contributed by atoms with Crippen LogP contribution in [0.2, 0.25) is 0 Å². The van der Waals surface area contributed by atoms with Gasteiger partial charge in [-0.15, -0.1) is 0 Å². The molecule has 0 N–H and O–H groups in total. The molecule has 4 heteroatoms. The first-order valence-corrected chi connectivity index (χ1v) is 6.85. The van der Waals surface area contributed by atoms with Crippen molar-refractivity contribution in [1.82, 2.24) is 4.98 Å². The van der Waals surface area contributed by atoms with Crippen molar-refractivity contribution in [2.45, 2.75) is 13.3 Å². The lowest BCUT2D eigenvalue weighted by Gasteiger charge is -2.04. The van der Waals surface area contributed by atoms with Crippen LogP contribution in [0.1, 0.15) is 23.0 Å². The van der Waals surface area contributed by atoms with Gasteiger partial charge in [0, 0.05) is 21.9 Å². The smallest absolute Gasteiger partial charge is 0.168 e. The molecule has 19 heavy (non-hydrogen) atoms. The zero-order chi connectivity index (χ0) is 13.7. The van der Waals surface area contributed by atoms with Crippen LogP contribution in [0, 0.1) is 0 Å². The van der Waals surface area contributed by atoms with Crippen LogP contribution in [0.5, 0.6) is 5.75 Å². The lowest BCUT2D eigenvalue weighted by atomic mass is 10.1. The number of nitrogens with zero attached hydrogens (tertiary/aromatic N) is 1. The van der Waals surface area contributed by atoms with Crippen LogP contribution in [0.25, 0.3) is 0 Å². The summed E-state index contributed by atoms with van der Waals surface area (Å²) in [6, 6.07) is 10.9. The highest BCUT2D eigenvalue weighted by Crippen LogP contribution is 2.14. The third-order valence-electron chi connectivity index (χ3n) is 2.62. The van der Waals surface area contributed by atoms with E-state index in [0.29, 0.717) is 18.6 Å². The van der Waals surface area contributed by atoms with Gasteiger partial charge in [0.1, 0.15) is 5.75 Å². The van der Waals surface area contributed by atoms with E-state index in [4.69, 9.17) is 4.74 Å². The zero-order valence-corrected chi connectivity index (χ0v) is 12.2. The first-order chi connectivity index (χ1) is 9.19. The summed E-state index contributed by atoms with van der Waals surface area (Å²) in [4.78, 5) is 16.3. The fourth-order valence-electron chi connectivity index (χ4n) is 1.68. The van der Waals surface area contributed by atoms with Gasteiger partial charge >= 0.3 is 0 Å². The molecule has 0 radical (unpaired) electrons. The Labute approximate surface area is 120 Å². The molecule has 0 aliphatic rings. The minimum atomic E-state index is 0.0536. The number of hydrogen-bond donors (Lipinski definition) is 0. The summed E-state index contributed by atoms with van der Waals surface area (Å²) < 4.78 is 6.25. The molecule has 0 aliphatic heterocycles. The van der Waals surface area contributed by atoms with Gasteiger partial charge in [0.15, 0.2) is 5.78 Å². The highest BCUT2D eigenvalue weighted by molar-refractivity contribution is 9.10. The van der Waals surface area contributed by atoms with Crippen molar-refractivity contribution in [3.63, 3.8) is 0 Å². The molecular formula is C15H14BrNO2. The Balaban J connectivity index is 2.05. The predicted molar refractivity (Wildman–Crippen MR) is 77.6 cm³/mol. The average Bonchev–Trinajstić information content (AvgIpc) is 2.42. The van der Waals surface area contributed by atoms with E-state index in [0.717, 1.165) is 15.9 Å². The Hall–Kier alpha value is -1.68. The van der Waals surface area contributed by atoms with Gasteiger partial charge in [0.2, 0.25) is 0 Å². The summed E-state index contributed by atoms with van der Waals surface area (Å²) in [6.45, 7) is 2.55. The van der Waals surface area contributed by atoms with Crippen molar-refractivity contribution < 1.29 is 9.53 Å². The molecule has 0 amide bonds. The molecule has 0 aliphatic carbocycles. The molecule has 0 fully saturated rings. The van der Waals surface area contributed by atoms with Crippen molar-refractivity contribution >= 4 is 21.7 Å². The number of Topliss-reactive ketones (excluding diaryl/α,β-unsaturated/α-hetero) is 1. The molecule has 0 atom stereocenters. The number of halogens is 1. The van der Waals surface area contributed by atoms with Crippen LogP contribution in [-0.4, -0.2) is 17.4 Å². The van der Waals surface area contributed by atoms with E-state index in [1.54, 1.807) is 18.3 Å². The maximum absolute atomic E-state index is 12.1. The van der Waals surface area contributed by atoms with E-state index >= 15 is 0 Å². The zero-order valence-electron chi connectivity index (χ0n) is 10.6. The van der Waals surface area contributed by atoms with Gasteiger partial charge < -0.3 is 4.74 Å². The van der Waals surface area contributed by atoms with Crippen molar-refractivity contribution in [3.8, 4) is 5.75 Å². The highest BCUT2D eigenvalue weighted by atomic mass is 79.9. The maximum Gasteiger partial charge on any atom is 0.168 e. The van der Waals surface area contributed by atoms with Crippen LogP contribution in [0.3, 0.4) is 0 Å². The first kappa shape index (κ1) is 13.7. The monoisotopic (exact) mass is 319 g/mol. The largest absolute Gasteiger partial charge is 0.494 e. The lowest BCUT2D eigenvalue weighted by molar-refractivity contribution is 0.0992. The Bertz CT molecular complexity index is 549. The van der Waals surface area contributed by atoms with Crippen LogP contribution in [0.15, 0.2) is 47.1 Å². The molecule has 1 aromatic heterocycles. The highest BCUT2D eigenvalue weighted by Gasteiger charge is 2.08. The molecule has 1 heterocycles. The topological polar surface area (TPSA) is 39.2 Å². The van der Waals surface area contributed by atoms with Crippen molar-refractivity contribution in [3.05, 3.63) is 58.3 Å². The number of hydrogen-bond acceptors (Lipinski definition) is 3. The molecule has 98 valence electrons. The minimum absolute atomic E-state index is 0.0536. The molecule has 0 spiro atoms. The van der Waals surface area contributed by atoms with E-state index in [1.807, 2.05) is 31.2 Å². The Morgan fingerprint density at radius 2 is 1.95 bits per heavy atom.